The van der Waals surface area contributed by atoms with Crippen molar-refractivity contribution in [3.63, 3.8) is 0 Å². The molecular formula is C17H21N3OS3. The number of aromatic nitrogens is 2. The standard InChI is InChI=1S/C17H21N3OS3/c1-12-7-5-6-10-14(12)18-15(21)11-23-16-19-20(17(22)24-16)13-8-3-2-4-9-13/h2-4,8-9,12,14H,5-7,10-11H2,1H3,(H,18,21)/t12-,14-/m1/s1. The highest BCUT2D eigenvalue weighted by atomic mass is 32.2. The minimum absolute atomic E-state index is 0.0890. The minimum atomic E-state index is 0.0890. The second kappa shape index (κ2) is 8.27. The van der Waals surface area contributed by atoms with E-state index in [1.54, 1.807) is 4.68 Å². The minimum Gasteiger partial charge on any atom is -0.352 e. The molecule has 0 bridgehead atoms. The third-order valence-corrected chi connectivity index (χ3v) is 6.68. The lowest BCUT2D eigenvalue weighted by atomic mass is 9.86. The van der Waals surface area contributed by atoms with E-state index in [1.807, 2.05) is 30.3 Å². The highest BCUT2D eigenvalue weighted by Crippen LogP contribution is 2.26. The fourth-order valence-electron chi connectivity index (χ4n) is 2.96. The molecule has 0 aliphatic heterocycles. The Labute approximate surface area is 155 Å². The van der Waals surface area contributed by atoms with Gasteiger partial charge in [-0.2, -0.15) is 0 Å². The number of carbonyl (C=O) groups excluding carboxylic acids is 1. The molecule has 1 fully saturated rings. The molecule has 2 atom stereocenters. The topological polar surface area (TPSA) is 46.9 Å². The second-order valence-electron chi connectivity index (χ2n) is 6.11. The number of amides is 1. The number of para-hydroxylation sites is 1. The van der Waals surface area contributed by atoms with Crippen LogP contribution >= 0.6 is 35.3 Å². The van der Waals surface area contributed by atoms with Gasteiger partial charge >= 0.3 is 0 Å². The Morgan fingerprint density at radius 2 is 2.12 bits per heavy atom. The summed E-state index contributed by atoms with van der Waals surface area (Å²) in [5, 5.41) is 7.70. The molecule has 1 saturated carbocycles. The van der Waals surface area contributed by atoms with Crippen LogP contribution in [0.3, 0.4) is 0 Å². The van der Waals surface area contributed by atoms with Gasteiger partial charge in [-0.15, -0.1) is 5.10 Å². The smallest absolute Gasteiger partial charge is 0.230 e. The van der Waals surface area contributed by atoms with E-state index in [-0.39, 0.29) is 5.91 Å². The molecule has 7 heteroatoms. The van der Waals surface area contributed by atoms with Gasteiger partial charge in [-0.3, -0.25) is 4.79 Å². The Morgan fingerprint density at radius 3 is 2.88 bits per heavy atom. The predicted molar refractivity (Wildman–Crippen MR) is 103 cm³/mol. The highest BCUT2D eigenvalue weighted by molar-refractivity contribution is 8.01. The van der Waals surface area contributed by atoms with Crippen LogP contribution in [0.1, 0.15) is 32.6 Å². The lowest BCUT2D eigenvalue weighted by Gasteiger charge is -2.29. The molecule has 0 saturated heterocycles. The van der Waals surface area contributed by atoms with Crippen LogP contribution in [0.4, 0.5) is 0 Å². The lowest BCUT2D eigenvalue weighted by Crippen LogP contribution is -2.41. The van der Waals surface area contributed by atoms with Crippen molar-refractivity contribution in [2.75, 3.05) is 5.75 Å². The first-order valence-electron chi connectivity index (χ1n) is 8.21. The fraction of sp³-hybridized carbons (Fsp3) is 0.471. The molecule has 1 aromatic heterocycles. The number of nitrogens with zero attached hydrogens (tertiary/aromatic N) is 2. The zero-order valence-electron chi connectivity index (χ0n) is 13.6. The van der Waals surface area contributed by atoms with Crippen molar-refractivity contribution in [2.45, 2.75) is 43.0 Å². The van der Waals surface area contributed by atoms with E-state index in [4.69, 9.17) is 12.2 Å². The van der Waals surface area contributed by atoms with Gasteiger partial charge in [0.1, 0.15) is 0 Å². The van der Waals surface area contributed by atoms with Crippen LogP contribution in [-0.2, 0) is 4.79 Å². The lowest BCUT2D eigenvalue weighted by molar-refractivity contribution is -0.119. The molecule has 1 heterocycles. The van der Waals surface area contributed by atoms with Gasteiger partial charge in [0.2, 0.25) is 5.91 Å². The largest absolute Gasteiger partial charge is 0.352 e. The molecule has 1 aromatic carbocycles. The number of hydrogen-bond acceptors (Lipinski definition) is 5. The van der Waals surface area contributed by atoms with Crippen LogP contribution in [0.2, 0.25) is 0 Å². The third-order valence-electron chi connectivity index (χ3n) is 4.31. The van der Waals surface area contributed by atoms with Crippen molar-refractivity contribution in [3.8, 4) is 5.69 Å². The molecule has 1 amide bonds. The van der Waals surface area contributed by atoms with E-state index in [9.17, 15) is 4.79 Å². The van der Waals surface area contributed by atoms with Gasteiger partial charge in [0.25, 0.3) is 0 Å². The molecule has 1 N–H and O–H groups in total. The van der Waals surface area contributed by atoms with Gasteiger partial charge in [0.05, 0.1) is 11.4 Å². The summed E-state index contributed by atoms with van der Waals surface area (Å²) in [4.78, 5) is 12.2. The Kier molecular flexibility index (Phi) is 6.08. The summed E-state index contributed by atoms with van der Waals surface area (Å²) in [6.07, 6.45) is 4.80. The van der Waals surface area contributed by atoms with E-state index < -0.39 is 0 Å². The van der Waals surface area contributed by atoms with Crippen LogP contribution in [0.15, 0.2) is 34.7 Å². The number of benzene rings is 1. The molecule has 24 heavy (non-hydrogen) atoms. The molecule has 128 valence electrons. The van der Waals surface area contributed by atoms with Crippen LogP contribution < -0.4 is 5.32 Å². The molecule has 2 aromatic rings. The van der Waals surface area contributed by atoms with E-state index in [0.29, 0.717) is 21.7 Å². The maximum Gasteiger partial charge on any atom is 0.230 e. The van der Waals surface area contributed by atoms with E-state index >= 15 is 0 Å². The summed E-state index contributed by atoms with van der Waals surface area (Å²) in [5.74, 6) is 1.05. The Hall–Kier alpha value is -1.18. The van der Waals surface area contributed by atoms with Gasteiger partial charge in [-0.05, 0) is 43.1 Å². The number of carbonyl (C=O) groups is 1. The van der Waals surface area contributed by atoms with Crippen molar-refractivity contribution in [1.29, 1.82) is 0 Å². The quantitative estimate of drug-likeness (QED) is 0.616. The Morgan fingerprint density at radius 1 is 1.38 bits per heavy atom. The Balaban J connectivity index is 1.57. The first-order chi connectivity index (χ1) is 11.6. The van der Waals surface area contributed by atoms with E-state index in [2.05, 4.69) is 17.3 Å². The maximum atomic E-state index is 12.2. The molecular weight excluding hydrogens is 358 g/mol. The van der Waals surface area contributed by atoms with E-state index in [0.717, 1.165) is 16.4 Å². The molecule has 0 radical (unpaired) electrons. The monoisotopic (exact) mass is 379 g/mol. The number of hydrogen-bond donors (Lipinski definition) is 1. The van der Waals surface area contributed by atoms with Gasteiger partial charge in [0, 0.05) is 6.04 Å². The summed E-state index contributed by atoms with van der Waals surface area (Å²) in [6.45, 7) is 2.23. The first kappa shape index (κ1) is 17.6. The van der Waals surface area contributed by atoms with Crippen LogP contribution in [0.25, 0.3) is 5.69 Å². The second-order valence-corrected chi connectivity index (χ2v) is 8.95. The molecule has 1 aliphatic carbocycles. The average Bonchev–Trinajstić information content (AvgIpc) is 2.97. The number of nitrogens with one attached hydrogen (secondary N) is 1. The Bertz CT molecular complexity index is 741. The number of rotatable bonds is 5. The van der Waals surface area contributed by atoms with Gasteiger partial charge < -0.3 is 5.32 Å². The molecule has 0 unspecified atom stereocenters. The van der Waals surface area contributed by atoms with Crippen molar-refractivity contribution >= 4 is 41.2 Å². The van der Waals surface area contributed by atoms with Crippen LogP contribution in [-0.4, -0.2) is 27.5 Å². The summed E-state index contributed by atoms with van der Waals surface area (Å²) in [5.41, 5.74) is 0.950. The van der Waals surface area contributed by atoms with Gasteiger partial charge in [0.15, 0.2) is 8.29 Å². The summed E-state index contributed by atoms with van der Waals surface area (Å²) < 4.78 is 3.28. The molecule has 1 aliphatic rings. The first-order valence-corrected chi connectivity index (χ1v) is 10.4. The zero-order valence-corrected chi connectivity index (χ0v) is 16.1. The fourth-order valence-corrected chi connectivity index (χ4v) is 5.13. The summed E-state index contributed by atoms with van der Waals surface area (Å²) >= 11 is 8.29. The molecule has 0 spiro atoms. The average molecular weight is 380 g/mol. The zero-order chi connectivity index (χ0) is 16.9. The van der Waals surface area contributed by atoms with Gasteiger partial charge in [-0.1, -0.05) is 61.1 Å². The van der Waals surface area contributed by atoms with Crippen molar-refractivity contribution < 1.29 is 4.79 Å². The van der Waals surface area contributed by atoms with Crippen molar-refractivity contribution in [3.05, 3.63) is 34.3 Å². The summed E-state index contributed by atoms with van der Waals surface area (Å²) in [7, 11) is 0. The highest BCUT2D eigenvalue weighted by Gasteiger charge is 2.22. The van der Waals surface area contributed by atoms with Crippen molar-refractivity contribution in [2.24, 2.45) is 5.92 Å². The third kappa shape index (κ3) is 4.46. The molecule has 4 nitrogen and oxygen atoms in total. The normalized spacial score (nSPS) is 20.7. The maximum absolute atomic E-state index is 12.2. The van der Waals surface area contributed by atoms with Gasteiger partial charge in [-0.25, -0.2) is 4.68 Å². The van der Waals surface area contributed by atoms with Crippen LogP contribution in [0.5, 0.6) is 0 Å². The predicted octanol–water partition coefficient (Wildman–Crippen LogP) is 4.45. The van der Waals surface area contributed by atoms with Crippen LogP contribution in [0, 0.1) is 9.87 Å². The SMILES string of the molecule is C[C@@H]1CCCC[C@H]1NC(=O)CSc1nn(-c2ccccc2)c(=S)s1. The van der Waals surface area contributed by atoms with E-state index in [1.165, 1.54) is 42.4 Å². The molecule has 3 rings (SSSR count). The van der Waals surface area contributed by atoms with Crippen molar-refractivity contribution in [1.82, 2.24) is 15.1 Å². The summed E-state index contributed by atoms with van der Waals surface area (Å²) in [6, 6.07) is 10.2. The number of thioether (sulfide) groups is 1.